The first-order chi connectivity index (χ1) is 8.13. The van der Waals surface area contributed by atoms with E-state index in [2.05, 4.69) is 33.3 Å². The summed E-state index contributed by atoms with van der Waals surface area (Å²) in [6.45, 7) is 4.77. The highest BCUT2D eigenvalue weighted by Crippen LogP contribution is 2.23. The minimum absolute atomic E-state index is 0.155. The van der Waals surface area contributed by atoms with E-state index in [0.717, 1.165) is 35.4 Å². The molecule has 0 spiro atoms. The fraction of sp³-hybridized carbons (Fsp3) is 0.636. The number of rotatable bonds is 3. The molecule has 1 aliphatic heterocycles. The molecule has 2 rings (SSSR count). The molecule has 0 aromatic carbocycles. The SMILES string of the molecule is CCc1nn(C)c(CN2CCNCC2=O)c1Br. The van der Waals surface area contributed by atoms with Gasteiger partial charge in [0.1, 0.15) is 0 Å². The van der Waals surface area contributed by atoms with Crippen molar-refractivity contribution in [3.8, 4) is 0 Å². The van der Waals surface area contributed by atoms with Gasteiger partial charge in [0, 0.05) is 20.1 Å². The normalized spacial score (nSPS) is 16.6. The van der Waals surface area contributed by atoms with Crippen LogP contribution in [0.1, 0.15) is 18.3 Å². The van der Waals surface area contributed by atoms with Gasteiger partial charge in [-0.05, 0) is 22.4 Å². The van der Waals surface area contributed by atoms with Crippen LogP contribution in [0, 0.1) is 0 Å². The zero-order chi connectivity index (χ0) is 12.4. The van der Waals surface area contributed by atoms with Crippen LogP contribution in [0.5, 0.6) is 0 Å². The third-order valence-electron chi connectivity index (χ3n) is 3.03. The number of aryl methyl sites for hydroxylation is 2. The van der Waals surface area contributed by atoms with Crippen LogP contribution >= 0.6 is 15.9 Å². The molecular formula is C11H17BrN4O. The van der Waals surface area contributed by atoms with Gasteiger partial charge in [0.25, 0.3) is 0 Å². The summed E-state index contributed by atoms with van der Waals surface area (Å²) in [6, 6.07) is 0. The Morgan fingerprint density at radius 3 is 2.88 bits per heavy atom. The lowest BCUT2D eigenvalue weighted by Gasteiger charge is -2.27. The monoisotopic (exact) mass is 300 g/mol. The molecule has 94 valence electrons. The van der Waals surface area contributed by atoms with Crippen LogP contribution in [0.15, 0.2) is 4.47 Å². The molecule has 0 radical (unpaired) electrons. The van der Waals surface area contributed by atoms with E-state index in [9.17, 15) is 4.79 Å². The number of nitrogens with zero attached hydrogens (tertiary/aromatic N) is 3. The number of halogens is 1. The third kappa shape index (κ3) is 2.52. The fourth-order valence-corrected chi connectivity index (χ4v) is 2.73. The molecule has 1 N–H and O–H groups in total. The summed E-state index contributed by atoms with van der Waals surface area (Å²) in [5.74, 6) is 0.155. The molecule has 1 fully saturated rings. The largest absolute Gasteiger partial charge is 0.334 e. The van der Waals surface area contributed by atoms with Gasteiger partial charge in [-0.3, -0.25) is 9.48 Å². The van der Waals surface area contributed by atoms with Crippen molar-refractivity contribution >= 4 is 21.8 Å². The van der Waals surface area contributed by atoms with Gasteiger partial charge >= 0.3 is 0 Å². The van der Waals surface area contributed by atoms with Gasteiger partial charge in [0.05, 0.1) is 29.0 Å². The Morgan fingerprint density at radius 1 is 1.53 bits per heavy atom. The maximum Gasteiger partial charge on any atom is 0.236 e. The molecule has 6 heteroatoms. The Morgan fingerprint density at radius 2 is 2.29 bits per heavy atom. The van der Waals surface area contributed by atoms with Crippen LogP contribution in [0.2, 0.25) is 0 Å². The van der Waals surface area contributed by atoms with E-state index in [-0.39, 0.29) is 5.91 Å². The standard InChI is InChI=1S/C11H17BrN4O/c1-3-8-11(12)9(15(2)14-8)7-16-5-4-13-6-10(16)17/h13H,3-7H2,1-2H3. The Hall–Kier alpha value is -0.880. The molecule has 1 aromatic heterocycles. The number of amides is 1. The van der Waals surface area contributed by atoms with E-state index in [1.54, 1.807) is 0 Å². The molecular weight excluding hydrogens is 284 g/mol. The first-order valence-corrected chi connectivity index (χ1v) is 6.61. The number of hydrogen-bond donors (Lipinski definition) is 1. The van der Waals surface area contributed by atoms with Crippen LogP contribution in [0.25, 0.3) is 0 Å². The predicted octanol–water partition coefficient (Wildman–Crippen LogP) is 0.677. The van der Waals surface area contributed by atoms with E-state index in [1.807, 2.05) is 16.6 Å². The summed E-state index contributed by atoms with van der Waals surface area (Å²) in [5.41, 5.74) is 2.11. The van der Waals surface area contributed by atoms with Gasteiger partial charge in [0.15, 0.2) is 0 Å². The second kappa shape index (κ2) is 5.18. The first-order valence-electron chi connectivity index (χ1n) is 5.82. The number of aromatic nitrogens is 2. The third-order valence-corrected chi connectivity index (χ3v) is 3.95. The highest BCUT2D eigenvalue weighted by atomic mass is 79.9. The van der Waals surface area contributed by atoms with Gasteiger partial charge in [-0.15, -0.1) is 0 Å². The summed E-state index contributed by atoms with van der Waals surface area (Å²) in [4.78, 5) is 13.6. The topological polar surface area (TPSA) is 50.2 Å². The summed E-state index contributed by atoms with van der Waals surface area (Å²) < 4.78 is 2.90. The first kappa shape index (κ1) is 12.6. The van der Waals surface area contributed by atoms with Crippen LogP contribution < -0.4 is 5.32 Å². The van der Waals surface area contributed by atoms with Crippen LogP contribution in [0.3, 0.4) is 0 Å². The molecule has 5 nitrogen and oxygen atoms in total. The highest BCUT2D eigenvalue weighted by molar-refractivity contribution is 9.10. The van der Waals surface area contributed by atoms with Crippen LogP contribution in [-0.4, -0.2) is 40.2 Å². The second-order valence-corrected chi connectivity index (χ2v) is 4.97. The zero-order valence-electron chi connectivity index (χ0n) is 10.2. The van der Waals surface area contributed by atoms with Gasteiger partial charge in [-0.2, -0.15) is 5.10 Å². The van der Waals surface area contributed by atoms with E-state index in [1.165, 1.54) is 0 Å². The van der Waals surface area contributed by atoms with Crippen molar-refractivity contribution in [3.05, 3.63) is 15.9 Å². The number of nitrogens with one attached hydrogen (secondary N) is 1. The van der Waals surface area contributed by atoms with Gasteiger partial charge < -0.3 is 10.2 Å². The quantitative estimate of drug-likeness (QED) is 0.893. The molecule has 0 saturated carbocycles. The van der Waals surface area contributed by atoms with Crippen LogP contribution in [0.4, 0.5) is 0 Å². The molecule has 17 heavy (non-hydrogen) atoms. The van der Waals surface area contributed by atoms with Crippen molar-refractivity contribution < 1.29 is 4.79 Å². The van der Waals surface area contributed by atoms with Crippen molar-refractivity contribution in [3.63, 3.8) is 0 Å². The zero-order valence-corrected chi connectivity index (χ0v) is 11.7. The number of carbonyl (C=O) groups is 1. The Labute approximate surface area is 109 Å². The Kier molecular flexibility index (Phi) is 3.83. The lowest BCUT2D eigenvalue weighted by atomic mass is 10.2. The highest BCUT2D eigenvalue weighted by Gasteiger charge is 2.21. The molecule has 2 heterocycles. The molecule has 1 saturated heterocycles. The van der Waals surface area contributed by atoms with E-state index in [4.69, 9.17) is 0 Å². The lowest BCUT2D eigenvalue weighted by molar-refractivity contribution is -0.132. The minimum atomic E-state index is 0.155. The molecule has 0 unspecified atom stereocenters. The van der Waals surface area contributed by atoms with Gasteiger partial charge in [-0.25, -0.2) is 0 Å². The summed E-state index contributed by atoms with van der Waals surface area (Å²) >= 11 is 3.57. The molecule has 0 bridgehead atoms. The summed E-state index contributed by atoms with van der Waals surface area (Å²) in [7, 11) is 1.92. The van der Waals surface area contributed by atoms with E-state index >= 15 is 0 Å². The number of hydrogen-bond acceptors (Lipinski definition) is 3. The van der Waals surface area contributed by atoms with Crippen molar-refractivity contribution in [2.45, 2.75) is 19.9 Å². The maximum atomic E-state index is 11.7. The summed E-state index contributed by atoms with van der Waals surface area (Å²) in [5, 5.41) is 7.51. The summed E-state index contributed by atoms with van der Waals surface area (Å²) in [6.07, 6.45) is 0.893. The molecule has 1 amide bonds. The molecule has 0 atom stereocenters. The average molecular weight is 301 g/mol. The van der Waals surface area contributed by atoms with Gasteiger partial charge in [0.2, 0.25) is 5.91 Å². The lowest BCUT2D eigenvalue weighted by Crippen LogP contribution is -2.47. The molecule has 1 aromatic rings. The second-order valence-electron chi connectivity index (χ2n) is 4.18. The van der Waals surface area contributed by atoms with Crippen LogP contribution in [-0.2, 0) is 24.8 Å². The smallest absolute Gasteiger partial charge is 0.236 e. The van der Waals surface area contributed by atoms with E-state index in [0.29, 0.717) is 13.1 Å². The van der Waals surface area contributed by atoms with Crippen molar-refractivity contribution in [2.75, 3.05) is 19.6 Å². The van der Waals surface area contributed by atoms with Crippen molar-refractivity contribution in [1.29, 1.82) is 0 Å². The van der Waals surface area contributed by atoms with Crippen molar-refractivity contribution in [2.24, 2.45) is 7.05 Å². The fourth-order valence-electron chi connectivity index (χ4n) is 1.99. The molecule has 0 aliphatic carbocycles. The number of piperazine rings is 1. The van der Waals surface area contributed by atoms with Crippen molar-refractivity contribution in [1.82, 2.24) is 20.0 Å². The predicted molar refractivity (Wildman–Crippen MR) is 68.6 cm³/mol. The average Bonchev–Trinajstić information content (AvgIpc) is 2.59. The maximum absolute atomic E-state index is 11.7. The Bertz CT molecular complexity index is 429. The van der Waals surface area contributed by atoms with Gasteiger partial charge in [-0.1, -0.05) is 6.92 Å². The molecule has 1 aliphatic rings. The minimum Gasteiger partial charge on any atom is -0.334 e. The Balaban J connectivity index is 2.17. The van der Waals surface area contributed by atoms with E-state index < -0.39 is 0 Å². The number of carbonyl (C=O) groups excluding carboxylic acids is 1.